The summed E-state index contributed by atoms with van der Waals surface area (Å²) >= 11 is 0. The van der Waals surface area contributed by atoms with Crippen molar-refractivity contribution in [2.45, 2.75) is 26.7 Å². The number of aromatic nitrogens is 2. The summed E-state index contributed by atoms with van der Waals surface area (Å²) in [6.07, 6.45) is 0. The third-order valence-corrected chi connectivity index (χ3v) is 2.86. The van der Waals surface area contributed by atoms with E-state index >= 15 is 0 Å². The minimum atomic E-state index is -0.126. The molecule has 0 radical (unpaired) electrons. The molecule has 0 atom stereocenters. The van der Waals surface area contributed by atoms with Crippen LogP contribution in [0.1, 0.15) is 31.2 Å². The quantitative estimate of drug-likeness (QED) is 0.311. The van der Waals surface area contributed by atoms with Gasteiger partial charge in [-0.3, -0.25) is 4.79 Å². The highest BCUT2D eigenvalue weighted by Gasteiger charge is 2.13. The van der Waals surface area contributed by atoms with E-state index in [0.717, 1.165) is 5.56 Å². The van der Waals surface area contributed by atoms with Crippen molar-refractivity contribution in [2.24, 2.45) is 5.84 Å². The highest BCUT2D eigenvalue weighted by atomic mass is 16.5. The van der Waals surface area contributed by atoms with Crippen LogP contribution in [0.5, 0.6) is 0 Å². The molecule has 0 aliphatic heterocycles. The first kappa shape index (κ1) is 17.1. The molecule has 5 N–H and O–H groups in total. The van der Waals surface area contributed by atoms with E-state index in [2.05, 4.69) is 26.0 Å². The molecule has 118 valence electrons. The summed E-state index contributed by atoms with van der Waals surface area (Å²) in [5.74, 6) is 7.31. The van der Waals surface area contributed by atoms with Crippen molar-refractivity contribution in [3.8, 4) is 0 Å². The predicted molar refractivity (Wildman–Crippen MR) is 82.0 cm³/mol. The summed E-state index contributed by atoms with van der Waals surface area (Å²) in [7, 11) is 1.59. The average molecular weight is 296 g/mol. The molecule has 0 spiro atoms. The SMILES string of the molecule is COCCNC(=O)CNc1nc(C(C)C)nc(NN)c1C. The highest BCUT2D eigenvalue weighted by Crippen LogP contribution is 2.22. The number of carbonyl (C=O) groups is 1. The van der Waals surface area contributed by atoms with Crippen molar-refractivity contribution in [3.63, 3.8) is 0 Å². The number of hydrogen-bond donors (Lipinski definition) is 4. The Hall–Kier alpha value is -1.93. The van der Waals surface area contributed by atoms with Crippen molar-refractivity contribution >= 4 is 17.5 Å². The number of methoxy groups -OCH3 is 1. The van der Waals surface area contributed by atoms with Crippen LogP contribution >= 0.6 is 0 Å². The van der Waals surface area contributed by atoms with Gasteiger partial charge in [-0.05, 0) is 6.92 Å². The minimum Gasteiger partial charge on any atom is -0.383 e. The fourth-order valence-electron chi connectivity index (χ4n) is 1.62. The molecule has 1 amide bonds. The van der Waals surface area contributed by atoms with Crippen molar-refractivity contribution < 1.29 is 9.53 Å². The average Bonchev–Trinajstić information content (AvgIpc) is 2.46. The first-order valence-electron chi connectivity index (χ1n) is 6.84. The summed E-state index contributed by atoms with van der Waals surface area (Å²) in [4.78, 5) is 20.4. The molecule has 0 aliphatic carbocycles. The second kappa shape index (κ2) is 8.38. The highest BCUT2D eigenvalue weighted by molar-refractivity contribution is 5.80. The van der Waals surface area contributed by atoms with Crippen LogP contribution < -0.4 is 21.9 Å². The lowest BCUT2D eigenvalue weighted by molar-refractivity contribution is -0.119. The van der Waals surface area contributed by atoms with E-state index in [0.29, 0.717) is 30.6 Å². The van der Waals surface area contributed by atoms with E-state index in [1.807, 2.05) is 20.8 Å². The Morgan fingerprint density at radius 2 is 2.00 bits per heavy atom. The second-order valence-electron chi connectivity index (χ2n) is 4.90. The van der Waals surface area contributed by atoms with Gasteiger partial charge in [0.1, 0.15) is 17.5 Å². The Morgan fingerprint density at radius 1 is 1.33 bits per heavy atom. The van der Waals surface area contributed by atoms with Gasteiger partial charge < -0.3 is 20.8 Å². The zero-order valence-electron chi connectivity index (χ0n) is 13.0. The molecule has 1 aromatic rings. The number of nitrogens with zero attached hydrogens (tertiary/aromatic N) is 2. The number of nitrogen functional groups attached to an aromatic ring is 1. The monoisotopic (exact) mass is 296 g/mol. The van der Waals surface area contributed by atoms with Crippen molar-refractivity contribution in [1.29, 1.82) is 0 Å². The van der Waals surface area contributed by atoms with Gasteiger partial charge in [0.25, 0.3) is 0 Å². The van der Waals surface area contributed by atoms with E-state index in [1.54, 1.807) is 7.11 Å². The molecule has 1 heterocycles. The Kier molecular flexibility index (Phi) is 6.83. The molecular formula is C13H24N6O2. The fraction of sp³-hybridized carbons (Fsp3) is 0.615. The summed E-state index contributed by atoms with van der Waals surface area (Å²) in [5, 5.41) is 5.74. The number of rotatable bonds is 8. The molecule has 0 bridgehead atoms. The Bertz CT molecular complexity index is 478. The Labute approximate surface area is 124 Å². The lowest BCUT2D eigenvalue weighted by atomic mass is 10.2. The summed E-state index contributed by atoms with van der Waals surface area (Å²) < 4.78 is 4.87. The topological polar surface area (TPSA) is 114 Å². The molecule has 0 unspecified atom stereocenters. The van der Waals surface area contributed by atoms with E-state index in [4.69, 9.17) is 10.6 Å². The number of nitrogens with one attached hydrogen (secondary N) is 3. The van der Waals surface area contributed by atoms with E-state index in [1.165, 1.54) is 0 Å². The number of ether oxygens (including phenoxy) is 1. The van der Waals surface area contributed by atoms with Crippen LogP contribution in [0.15, 0.2) is 0 Å². The maximum absolute atomic E-state index is 11.7. The van der Waals surface area contributed by atoms with Crippen molar-refractivity contribution in [1.82, 2.24) is 15.3 Å². The standard InChI is InChI=1S/C13H24N6O2/c1-8(2)11-17-12(9(3)13(18-11)19-14)16-7-10(20)15-5-6-21-4/h8H,5-7,14H2,1-4H3,(H,15,20)(H2,16,17,18,19). The maximum Gasteiger partial charge on any atom is 0.239 e. The third-order valence-electron chi connectivity index (χ3n) is 2.86. The van der Waals surface area contributed by atoms with Gasteiger partial charge in [-0.1, -0.05) is 13.8 Å². The van der Waals surface area contributed by atoms with Crippen molar-refractivity contribution in [3.05, 3.63) is 11.4 Å². The molecule has 1 aromatic heterocycles. The molecule has 0 fully saturated rings. The van der Waals surface area contributed by atoms with Crippen LogP contribution in [-0.4, -0.2) is 42.7 Å². The van der Waals surface area contributed by atoms with Gasteiger partial charge in [-0.25, -0.2) is 15.8 Å². The first-order chi connectivity index (χ1) is 9.99. The van der Waals surface area contributed by atoms with E-state index in [-0.39, 0.29) is 18.4 Å². The van der Waals surface area contributed by atoms with Crippen LogP contribution in [0.3, 0.4) is 0 Å². The lowest BCUT2D eigenvalue weighted by Gasteiger charge is -2.14. The molecule has 0 saturated carbocycles. The van der Waals surface area contributed by atoms with Gasteiger partial charge in [-0.15, -0.1) is 0 Å². The van der Waals surface area contributed by atoms with Gasteiger partial charge in [-0.2, -0.15) is 0 Å². The molecule has 0 aliphatic rings. The van der Waals surface area contributed by atoms with Gasteiger partial charge in [0, 0.05) is 25.1 Å². The van der Waals surface area contributed by atoms with Gasteiger partial charge in [0.2, 0.25) is 5.91 Å². The van der Waals surface area contributed by atoms with Gasteiger partial charge in [0.15, 0.2) is 0 Å². The molecule has 0 saturated heterocycles. The minimum absolute atomic E-state index is 0.126. The number of nitrogens with two attached hydrogens (primary N) is 1. The van der Waals surface area contributed by atoms with Crippen LogP contribution in [0.4, 0.5) is 11.6 Å². The first-order valence-corrected chi connectivity index (χ1v) is 6.84. The van der Waals surface area contributed by atoms with E-state index in [9.17, 15) is 4.79 Å². The number of carbonyl (C=O) groups excluding carboxylic acids is 1. The molecule has 8 heteroatoms. The number of hydrogen-bond acceptors (Lipinski definition) is 7. The molecule has 21 heavy (non-hydrogen) atoms. The number of anilines is 2. The molecule has 8 nitrogen and oxygen atoms in total. The second-order valence-corrected chi connectivity index (χ2v) is 4.90. The predicted octanol–water partition coefficient (Wildman–Crippen LogP) is 0.369. The maximum atomic E-state index is 11.7. The number of hydrazine groups is 1. The zero-order valence-corrected chi connectivity index (χ0v) is 13.0. The number of amides is 1. The largest absolute Gasteiger partial charge is 0.383 e. The Morgan fingerprint density at radius 3 is 2.57 bits per heavy atom. The van der Waals surface area contributed by atoms with Crippen LogP contribution in [0, 0.1) is 6.92 Å². The fourth-order valence-corrected chi connectivity index (χ4v) is 1.62. The molecule has 1 rings (SSSR count). The van der Waals surface area contributed by atoms with Crippen molar-refractivity contribution in [2.75, 3.05) is 37.5 Å². The molecular weight excluding hydrogens is 272 g/mol. The third kappa shape index (κ3) is 5.16. The van der Waals surface area contributed by atoms with Gasteiger partial charge in [0.05, 0.1) is 13.2 Å². The van der Waals surface area contributed by atoms with Crippen LogP contribution in [0.25, 0.3) is 0 Å². The van der Waals surface area contributed by atoms with Gasteiger partial charge >= 0.3 is 0 Å². The zero-order chi connectivity index (χ0) is 15.8. The van der Waals surface area contributed by atoms with E-state index < -0.39 is 0 Å². The Balaban J connectivity index is 2.73. The smallest absolute Gasteiger partial charge is 0.239 e. The summed E-state index contributed by atoms with van der Waals surface area (Å²) in [6.45, 7) is 6.91. The summed E-state index contributed by atoms with van der Waals surface area (Å²) in [6, 6.07) is 0. The van der Waals surface area contributed by atoms with Crippen LogP contribution in [0.2, 0.25) is 0 Å². The normalized spacial score (nSPS) is 10.6. The summed E-state index contributed by atoms with van der Waals surface area (Å²) in [5.41, 5.74) is 3.32. The lowest BCUT2D eigenvalue weighted by Crippen LogP contribution is -2.32. The molecule has 0 aromatic carbocycles. The van der Waals surface area contributed by atoms with Crippen LogP contribution in [-0.2, 0) is 9.53 Å².